The van der Waals surface area contributed by atoms with E-state index in [1.165, 1.54) is 11.3 Å². The highest BCUT2D eigenvalue weighted by atomic mass is 35.5. The Morgan fingerprint density at radius 1 is 1.47 bits per heavy atom. The molecule has 0 aromatic carbocycles. The van der Waals surface area contributed by atoms with Gasteiger partial charge in [0.2, 0.25) is 5.13 Å². The first-order valence-electron chi connectivity index (χ1n) is 5.39. The first-order chi connectivity index (χ1) is 8.15. The Kier molecular flexibility index (Phi) is 4.09. The first kappa shape index (κ1) is 12.5. The fraction of sp³-hybridized carbons (Fsp3) is 0.500. The second-order valence-corrected chi connectivity index (χ2v) is 5.58. The lowest BCUT2D eigenvalue weighted by Crippen LogP contribution is -2.18. The Balaban J connectivity index is 1.96. The van der Waals surface area contributed by atoms with Crippen LogP contribution in [0.3, 0.4) is 0 Å². The molecular weight excluding hydrogens is 258 g/mol. The third-order valence-corrected chi connectivity index (χ3v) is 3.14. The minimum Gasteiger partial charge on any atom is -0.310 e. The maximum Gasteiger partial charge on any atom is 0.232 e. The van der Waals surface area contributed by atoms with E-state index in [0.29, 0.717) is 10.9 Å². The second kappa shape index (κ2) is 5.57. The van der Waals surface area contributed by atoms with Crippen LogP contribution in [0.1, 0.15) is 18.9 Å². The second-order valence-electron chi connectivity index (χ2n) is 4.11. The average molecular weight is 272 g/mol. The van der Waals surface area contributed by atoms with E-state index >= 15 is 0 Å². The lowest BCUT2D eigenvalue weighted by molar-refractivity contribution is 0.550. The molecule has 2 rings (SSSR count). The van der Waals surface area contributed by atoms with Gasteiger partial charge in [0.15, 0.2) is 0 Å². The highest BCUT2D eigenvalue weighted by Crippen LogP contribution is 2.16. The van der Waals surface area contributed by atoms with E-state index in [2.05, 4.69) is 34.5 Å². The van der Waals surface area contributed by atoms with E-state index in [1.807, 2.05) is 0 Å². The molecule has 2 aromatic heterocycles. The number of hydrogen-bond acceptors (Lipinski definition) is 5. The minimum absolute atomic E-state index is 0.597. The molecule has 0 saturated heterocycles. The predicted molar refractivity (Wildman–Crippen MR) is 68.6 cm³/mol. The van der Waals surface area contributed by atoms with Gasteiger partial charge in [0.05, 0.1) is 17.4 Å². The van der Waals surface area contributed by atoms with Gasteiger partial charge in [-0.05, 0) is 12.5 Å². The predicted octanol–water partition coefficient (Wildman–Crippen LogP) is 2.12. The van der Waals surface area contributed by atoms with Gasteiger partial charge < -0.3 is 5.32 Å². The molecule has 7 heteroatoms. The van der Waals surface area contributed by atoms with Crippen molar-refractivity contribution >= 4 is 22.9 Å². The van der Waals surface area contributed by atoms with Gasteiger partial charge in [-0.15, -0.1) is 10.2 Å². The summed E-state index contributed by atoms with van der Waals surface area (Å²) in [6, 6.07) is 0. The van der Waals surface area contributed by atoms with Gasteiger partial charge in [-0.25, -0.2) is 4.68 Å². The Bertz CT molecular complexity index is 479. The van der Waals surface area contributed by atoms with E-state index in [-0.39, 0.29) is 0 Å². The van der Waals surface area contributed by atoms with Crippen LogP contribution in [-0.4, -0.2) is 26.5 Å². The first-order valence-corrected chi connectivity index (χ1v) is 6.58. The molecule has 0 amide bonds. The van der Waals surface area contributed by atoms with Gasteiger partial charge in [-0.1, -0.05) is 36.8 Å². The fourth-order valence-corrected chi connectivity index (χ4v) is 2.16. The van der Waals surface area contributed by atoms with E-state index in [1.54, 1.807) is 17.1 Å². The van der Waals surface area contributed by atoms with Crippen LogP contribution < -0.4 is 5.32 Å². The number of halogens is 1. The van der Waals surface area contributed by atoms with Crippen molar-refractivity contribution in [1.29, 1.82) is 0 Å². The molecule has 2 aromatic rings. The summed E-state index contributed by atoms with van der Waals surface area (Å²) >= 11 is 7.30. The summed E-state index contributed by atoms with van der Waals surface area (Å²) in [5.74, 6) is 0.632. The van der Waals surface area contributed by atoms with Gasteiger partial charge in [0, 0.05) is 6.54 Å². The minimum atomic E-state index is 0.597. The molecule has 0 aliphatic rings. The van der Waals surface area contributed by atoms with Crippen molar-refractivity contribution in [2.24, 2.45) is 5.92 Å². The summed E-state index contributed by atoms with van der Waals surface area (Å²) in [6.07, 6.45) is 3.30. The Morgan fingerprint density at radius 3 is 2.94 bits per heavy atom. The molecule has 5 nitrogen and oxygen atoms in total. The molecule has 92 valence electrons. The van der Waals surface area contributed by atoms with Crippen LogP contribution >= 0.6 is 22.9 Å². The number of nitrogens with zero attached hydrogens (tertiary/aromatic N) is 4. The van der Waals surface area contributed by atoms with Crippen molar-refractivity contribution in [3.05, 3.63) is 22.4 Å². The SMILES string of the molecule is CC(C)CNCc1nnc(-n2cc(Cl)cn2)s1. The van der Waals surface area contributed by atoms with Crippen LogP contribution in [0.5, 0.6) is 0 Å². The van der Waals surface area contributed by atoms with Crippen molar-refractivity contribution < 1.29 is 0 Å². The van der Waals surface area contributed by atoms with Gasteiger partial charge in [-0.2, -0.15) is 5.10 Å². The molecule has 0 fully saturated rings. The van der Waals surface area contributed by atoms with Gasteiger partial charge in [0.1, 0.15) is 5.01 Å². The third kappa shape index (κ3) is 3.49. The van der Waals surface area contributed by atoms with Crippen molar-refractivity contribution in [3.63, 3.8) is 0 Å². The van der Waals surface area contributed by atoms with E-state index < -0.39 is 0 Å². The van der Waals surface area contributed by atoms with Gasteiger partial charge in [-0.3, -0.25) is 0 Å². The molecule has 2 heterocycles. The molecule has 0 unspecified atom stereocenters. The number of hydrogen-bond donors (Lipinski definition) is 1. The van der Waals surface area contributed by atoms with E-state index in [0.717, 1.165) is 23.2 Å². The average Bonchev–Trinajstić information content (AvgIpc) is 2.86. The maximum atomic E-state index is 5.80. The molecule has 0 bridgehead atoms. The van der Waals surface area contributed by atoms with E-state index in [9.17, 15) is 0 Å². The van der Waals surface area contributed by atoms with Crippen molar-refractivity contribution in [2.45, 2.75) is 20.4 Å². The molecular formula is C10H14ClN5S. The summed E-state index contributed by atoms with van der Waals surface area (Å²) < 4.78 is 1.63. The Labute approximate surface area is 109 Å². The summed E-state index contributed by atoms with van der Waals surface area (Å²) in [5.41, 5.74) is 0. The van der Waals surface area contributed by atoms with Crippen molar-refractivity contribution in [3.8, 4) is 5.13 Å². The van der Waals surface area contributed by atoms with Crippen LogP contribution in [0.25, 0.3) is 5.13 Å². The van der Waals surface area contributed by atoms with Crippen molar-refractivity contribution in [1.82, 2.24) is 25.3 Å². The largest absolute Gasteiger partial charge is 0.310 e. The van der Waals surface area contributed by atoms with Crippen LogP contribution in [0.4, 0.5) is 0 Å². The van der Waals surface area contributed by atoms with Crippen LogP contribution in [0.2, 0.25) is 5.02 Å². The van der Waals surface area contributed by atoms with Gasteiger partial charge >= 0.3 is 0 Å². The highest BCUT2D eigenvalue weighted by molar-refractivity contribution is 7.13. The van der Waals surface area contributed by atoms with Gasteiger partial charge in [0.25, 0.3) is 0 Å². The Hall–Kier alpha value is -0.980. The zero-order valence-corrected chi connectivity index (χ0v) is 11.3. The summed E-state index contributed by atoms with van der Waals surface area (Å²) in [6.45, 7) is 6.06. The van der Waals surface area contributed by atoms with Crippen molar-refractivity contribution in [2.75, 3.05) is 6.54 Å². The van der Waals surface area contributed by atoms with Crippen LogP contribution in [0, 0.1) is 5.92 Å². The molecule has 0 aliphatic heterocycles. The zero-order valence-electron chi connectivity index (χ0n) is 9.72. The molecule has 0 spiro atoms. The zero-order chi connectivity index (χ0) is 12.3. The monoisotopic (exact) mass is 271 g/mol. The number of aromatic nitrogens is 4. The standard InChI is InChI=1S/C10H14ClN5S/c1-7(2)3-12-5-9-14-15-10(17-9)16-6-8(11)4-13-16/h4,6-7,12H,3,5H2,1-2H3. The highest BCUT2D eigenvalue weighted by Gasteiger charge is 2.07. The lowest BCUT2D eigenvalue weighted by Gasteiger charge is -2.03. The summed E-state index contributed by atoms with van der Waals surface area (Å²) in [4.78, 5) is 0. The smallest absolute Gasteiger partial charge is 0.232 e. The van der Waals surface area contributed by atoms with Crippen LogP contribution in [0.15, 0.2) is 12.4 Å². The summed E-state index contributed by atoms with van der Waals surface area (Å²) in [5, 5.41) is 17.9. The number of rotatable bonds is 5. The molecule has 0 aliphatic carbocycles. The summed E-state index contributed by atoms with van der Waals surface area (Å²) in [7, 11) is 0. The molecule has 17 heavy (non-hydrogen) atoms. The van der Waals surface area contributed by atoms with E-state index in [4.69, 9.17) is 11.6 Å². The third-order valence-electron chi connectivity index (χ3n) is 2.03. The molecule has 1 N–H and O–H groups in total. The Morgan fingerprint density at radius 2 is 2.29 bits per heavy atom. The maximum absolute atomic E-state index is 5.80. The fourth-order valence-electron chi connectivity index (χ4n) is 1.28. The quantitative estimate of drug-likeness (QED) is 0.905. The molecule has 0 atom stereocenters. The van der Waals surface area contributed by atoms with Crippen LogP contribution in [-0.2, 0) is 6.54 Å². The normalized spacial score (nSPS) is 11.3. The lowest BCUT2D eigenvalue weighted by atomic mass is 10.2. The number of nitrogens with one attached hydrogen (secondary N) is 1. The molecule has 0 radical (unpaired) electrons. The topological polar surface area (TPSA) is 55.6 Å². The molecule has 0 saturated carbocycles.